The number of fused-ring (bicyclic) bond motifs is 1. The van der Waals surface area contributed by atoms with Gasteiger partial charge < -0.3 is 35.7 Å². The Morgan fingerprint density at radius 3 is 2.54 bits per heavy atom. The number of hydrogen-bond donors (Lipinski definition) is 4. The van der Waals surface area contributed by atoms with Crippen LogP contribution in [0.25, 0.3) is 11.0 Å². The van der Waals surface area contributed by atoms with Crippen LogP contribution >= 0.6 is 0 Å². The lowest BCUT2D eigenvalue weighted by atomic mass is 9.77. The van der Waals surface area contributed by atoms with E-state index in [1.807, 2.05) is 13.1 Å². The van der Waals surface area contributed by atoms with Gasteiger partial charge in [0.1, 0.15) is 23.5 Å². The first-order valence-electron chi connectivity index (χ1n) is 11.8. The lowest BCUT2D eigenvalue weighted by Crippen LogP contribution is -2.50. The molecule has 1 aromatic carbocycles. The summed E-state index contributed by atoms with van der Waals surface area (Å²) in [6, 6.07) is 6.78. The van der Waals surface area contributed by atoms with Crippen molar-refractivity contribution in [2.75, 3.05) is 43.9 Å². The van der Waals surface area contributed by atoms with E-state index in [0.717, 1.165) is 29.3 Å². The van der Waals surface area contributed by atoms with E-state index in [0.29, 0.717) is 37.4 Å². The molecule has 0 unspecified atom stereocenters. The van der Waals surface area contributed by atoms with E-state index in [-0.39, 0.29) is 12.5 Å². The van der Waals surface area contributed by atoms with Crippen molar-refractivity contribution < 1.29 is 24.2 Å². The summed E-state index contributed by atoms with van der Waals surface area (Å²) < 4.78 is 5.29. The van der Waals surface area contributed by atoms with Crippen LogP contribution in [0.3, 0.4) is 0 Å². The molecule has 0 radical (unpaired) electrons. The first kappa shape index (κ1) is 27.4. The number of nitrogens with two attached hydrogens (primary N) is 1. The van der Waals surface area contributed by atoms with Crippen molar-refractivity contribution in [2.45, 2.75) is 26.7 Å². The maximum Gasteiger partial charge on any atom is 0.414 e. The largest absolute Gasteiger partial charge is 0.481 e. The monoisotopic (exact) mass is 511 g/mol. The zero-order chi connectivity index (χ0) is 27.2. The molecule has 1 aliphatic heterocycles. The molecule has 4 rings (SSSR count). The number of anilines is 2. The Morgan fingerprint density at radius 1 is 1.24 bits per heavy atom. The number of H-pyrrole nitrogens is 1. The predicted molar refractivity (Wildman–Crippen MR) is 140 cm³/mol. The minimum atomic E-state index is -0.833. The molecule has 0 atom stereocenters. The van der Waals surface area contributed by atoms with Gasteiger partial charge in [0.05, 0.1) is 10.8 Å². The molecule has 1 aliphatic rings. The highest BCUT2D eigenvalue weighted by Gasteiger charge is 2.41. The zero-order valence-corrected chi connectivity index (χ0v) is 21.4. The molecule has 3 heterocycles. The molecule has 37 heavy (non-hydrogen) atoms. The average molecular weight is 512 g/mol. The summed E-state index contributed by atoms with van der Waals surface area (Å²) in [5.41, 5.74) is 7.88. The number of aromatic amines is 1. The smallest absolute Gasteiger partial charge is 0.414 e. The number of carbonyl (C=O) groups is 3. The first-order valence-corrected chi connectivity index (χ1v) is 11.8. The standard InChI is InChI=1S/C23H29N7O3.C2H4O2/c1-15-12-25-19-18(15)20(27-14-26-19)30-9-7-23(13-24,8-10-30)21(31)28-16-5-4-6-17(11-16)33-22(32)29(2)3;1-2(3)4/h4-6,11-12,14H,7-10,13,24H2,1-3H3,(H,28,31)(H,25,26,27);1H3,(H,3,4). The Morgan fingerprint density at radius 2 is 1.92 bits per heavy atom. The van der Waals surface area contributed by atoms with Crippen LogP contribution < -0.4 is 20.7 Å². The van der Waals surface area contributed by atoms with E-state index in [2.05, 4.69) is 25.2 Å². The molecule has 0 spiro atoms. The number of piperidine rings is 1. The molecule has 2 amide bonds. The lowest BCUT2D eigenvalue weighted by molar-refractivity contribution is -0.134. The summed E-state index contributed by atoms with van der Waals surface area (Å²) in [6.45, 7) is 4.66. The van der Waals surface area contributed by atoms with E-state index in [4.69, 9.17) is 20.4 Å². The van der Waals surface area contributed by atoms with Crippen LogP contribution in [-0.4, -0.2) is 76.7 Å². The van der Waals surface area contributed by atoms with Gasteiger partial charge in [-0.05, 0) is 37.5 Å². The molecule has 12 nitrogen and oxygen atoms in total. The number of carboxylic acid groups (broad SMARTS) is 1. The van der Waals surface area contributed by atoms with Gasteiger partial charge in [-0.15, -0.1) is 0 Å². The highest BCUT2D eigenvalue weighted by molar-refractivity contribution is 5.96. The van der Waals surface area contributed by atoms with Crippen LogP contribution in [0, 0.1) is 12.3 Å². The fourth-order valence-corrected chi connectivity index (χ4v) is 4.10. The van der Waals surface area contributed by atoms with Crippen molar-refractivity contribution in [1.82, 2.24) is 19.9 Å². The summed E-state index contributed by atoms with van der Waals surface area (Å²) in [5.74, 6) is 0.268. The topological polar surface area (TPSA) is 167 Å². The number of rotatable bonds is 5. The number of carboxylic acids is 1. The number of ether oxygens (including phenoxy) is 1. The molecule has 1 fully saturated rings. The van der Waals surface area contributed by atoms with E-state index in [9.17, 15) is 9.59 Å². The third-order valence-electron chi connectivity index (χ3n) is 6.20. The third-order valence-corrected chi connectivity index (χ3v) is 6.20. The van der Waals surface area contributed by atoms with Crippen molar-refractivity contribution in [1.29, 1.82) is 0 Å². The van der Waals surface area contributed by atoms with Crippen LogP contribution in [0.5, 0.6) is 5.75 Å². The van der Waals surface area contributed by atoms with Gasteiger partial charge in [-0.25, -0.2) is 14.8 Å². The van der Waals surface area contributed by atoms with Crippen LogP contribution in [-0.2, 0) is 9.59 Å². The number of nitrogens with one attached hydrogen (secondary N) is 2. The second-order valence-corrected chi connectivity index (χ2v) is 9.13. The number of hydrogen-bond acceptors (Lipinski definition) is 8. The SMILES string of the molecule is CC(=O)O.Cc1c[nH]c2ncnc(N3CCC(CN)(C(=O)Nc4cccc(OC(=O)N(C)C)c4)CC3)c12. The molecule has 198 valence electrons. The third kappa shape index (κ3) is 6.53. The normalized spacial score (nSPS) is 14.4. The van der Waals surface area contributed by atoms with Gasteiger partial charge in [-0.1, -0.05) is 6.07 Å². The van der Waals surface area contributed by atoms with Crippen molar-refractivity contribution in [3.05, 3.63) is 42.4 Å². The molecular formula is C25H33N7O5. The van der Waals surface area contributed by atoms with Gasteiger partial charge in [-0.3, -0.25) is 9.59 Å². The van der Waals surface area contributed by atoms with Crippen molar-refractivity contribution >= 4 is 40.5 Å². The molecule has 5 N–H and O–H groups in total. The molecule has 0 saturated carbocycles. The highest BCUT2D eigenvalue weighted by Crippen LogP contribution is 2.36. The Labute approximate surface area is 214 Å². The summed E-state index contributed by atoms with van der Waals surface area (Å²) in [5, 5.41) is 11.4. The number of aryl methyl sites for hydroxylation is 1. The first-order chi connectivity index (χ1) is 17.6. The molecule has 3 aromatic rings. The fourth-order valence-electron chi connectivity index (χ4n) is 4.10. The van der Waals surface area contributed by atoms with Crippen LogP contribution in [0.4, 0.5) is 16.3 Å². The molecule has 2 aromatic heterocycles. The minimum Gasteiger partial charge on any atom is -0.481 e. The molecule has 12 heteroatoms. The van der Waals surface area contributed by atoms with E-state index in [1.54, 1.807) is 44.7 Å². The van der Waals surface area contributed by atoms with Gasteiger partial charge in [-0.2, -0.15) is 0 Å². The predicted octanol–water partition coefficient (Wildman–Crippen LogP) is 2.60. The van der Waals surface area contributed by atoms with Gasteiger partial charge in [0.2, 0.25) is 5.91 Å². The fraction of sp³-hybridized carbons (Fsp3) is 0.400. The van der Waals surface area contributed by atoms with Crippen molar-refractivity contribution in [3.63, 3.8) is 0 Å². The number of carbonyl (C=O) groups excluding carboxylic acids is 2. The highest BCUT2D eigenvalue weighted by atomic mass is 16.6. The lowest BCUT2D eigenvalue weighted by Gasteiger charge is -2.40. The van der Waals surface area contributed by atoms with Gasteiger partial charge >= 0.3 is 6.09 Å². The minimum absolute atomic E-state index is 0.133. The Kier molecular flexibility index (Phi) is 8.66. The van der Waals surface area contributed by atoms with Gasteiger partial charge in [0, 0.05) is 58.6 Å². The van der Waals surface area contributed by atoms with Gasteiger partial charge in [0.25, 0.3) is 5.97 Å². The second-order valence-electron chi connectivity index (χ2n) is 9.13. The molecular weight excluding hydrogens is 478 g/mol. The second kappa shape index (κ2) is 11.7. The average Bonchev–Trinajstić information content (AvgIpc) is 3.25. The van der Waals surface area contributed by atoms with E-state index < -0.39 is 17.5 Å². The quantitative estimate of drug-likeness (QED) is 0.402. The number of amides is 2. The Balaban J connectivity index is 0.000000886. The van der Waals surface area contributed by atoms with E-state index >= 15 is 0 Å². The van der Waals surface area contributed by atoms with Crippen LogP contribution in [0.1, 0.15) is 25.3 Å². The number of nitrogens with zero attached hydrogens (tertiary/aromatic N) is 4. The molecule has 1 saturated heterocycles. The maximum atomic E-state index is 13.3. The molecule has 0 bridgehead atoms. The van der Waals surface area contributed by atoms with Crippen molar-refractivity contribution in [3.8, 4) is 5.75 Å². The number of benzene rings is 1. The van der Waals surface area contributed by atoms with Crippen LogP contribution in [0.2, 0.25) is 0 Å². The van der Waals surface area contributed by atoms with Crippen molar-refractivity contribution in [2.24, 2.45) is 11.1 Å². The Bertz CT molecular complexity index is 1260. The van der Waals surface area contributed by atoms with E-state index in [1.165, 1.54) is 4.90 Å². The summed E-state index contributed by atoms with van der Waals surface area (Å²) in [7, 11) is 3.21. The molecule has 0 aliphatic carbocycles. The van der Waals surface area contributed by atoms with Gasteiger partial charge in [0.15, 0.2) is 0 Å². The summed E-state index contributed by atoms with van der Waals surface area (Å²) in [4.78, 5) is 49.6. The van der Waals surface area contributed by atoms with Crippen LogP contribution in [0.15, 0.2) is 36.8 Å². The number of aliphatic carboxylic acids is 1. The maximum absolute atomic E-state index is 13.3. The summed E-state index contributed by atoms with van der Waals surface area (Å²) in [6.07, 6.45) is 4.19. The summed E-state index contributed by atoms with van der Waals surface area (Å²) >= 11 is 0. The number of aromatic nitrogens is 3. The Hall–Kier alpha value is -4.19. The zero-order valence-electron chi connectivity index (χ0n) is 21.4.